The van der Waals surface area contributed by atoms with Crippen LogP contribution in [-0.2, 0) is 11.3 Å². The molecule has 2 rings (SSSR count). The molecule has 0 saturated carbocycles. The average molecular weight is 216 g/mol. The molecule has 0 aliphatic carbocycles. The molecule has 0 amide bonds. The summed E-state index contributed by atoms with van der Waals surface area (Å²) in [4.78, 5) is 0. The first-order valence-electron chi connectivity index (χ1n) is 5.66. The highest BCUT2D eigenvalue weighted by atomic mass is 16.5. The van der Waals surface area contributed by atoms with Crippen molar-refractivity contribution in [1.29, 1.82) is 5.26 Å². The quantitative estimate of drug-likeness (QED) is 0.833. The normalized spacial score (nSPS) is 19.6. The van der Waals surface area contributed by atoms with Crippen molar-refractivity contribution in [3.63, 3.8) is 0 Å². The lowest BCUT2D eigenvalue weighted by atomic mass is 10.1. The monoisotopic (exact) mass is 216 g/mol. The van der Waals surface area contributed by atoms with Crippen molar-refractivity contribution in [3.8, 4) is 6.07 Å². The molecule has 16 heavy (non-hydrogen) atoms. The van der Waals surface area contributed by atoms with E-state index in [1.54, 1.807) is 0 Å². The second-order valence-electron chi connectivity index (χ2n) is 4.19. The zero-order valence-electron chi connectivity index (χ0n) is 9.28. The van der Waals surface area contributed by atoms with Gasteiger partial charge in [0.2, 0.25) is 0 Å². The van der Waals surface area contributed by atoms with Crippen molar-refractivity contribution < 1.29 is 4.74 Å². The SMILES string of the molecule is N#Cc1cccc(COCC2CCNC2)c1. The molecule has 3 nitrogen and oxygen atoms in total. The van der Waals surface area contributed by atoms with Gasteiger partial charge >= 0.3 is 0 Å². The minimum atomic E-state index is 0.603. The Balaban J connectivity index is 1.78. The van der Waals surface area contributed by atoms with Crippen LogP contribution < -0.4 is 5.32 Å². The first kappa shape index (κ1) is 11.1. The molecule has 0 radical (unpaired) electrons. The topological polar surface area (TPSA) is 45.0 Å². The molecular formula is C13H16N2O. The van der Waals surface area contributed by atoms with E-state index >= 15 is 0 Å². The van der Waals surface area contributed by atoms with Crippen LogP contribution in [0.1, 0.15) is 17.5 Å². The zero-order chi connectivity index (χ0) is 11.2. The van der Waals surface area contributed by atoms with Gasteiger partial charge in [-0.3, -0.25) is 0 Å². The minimum Gasteiger partial charge on any atom is -0.376 e. The Kier molecular flexibility index (Phi) is 3.92. The van der Waals surface area contributed by atoms with Crippen molar-refractivity contribution in [2.24, 2.45) is 5.92 Å². The van der Waals surface area contributed by atoms with Crippen LogP contribution in [0.5, 0.6) is 0 Å². The van der Waals surface area contributed by atoms with Crippen molar-refractivity contribution in [1.82, 2.24) is 5.32 Å². The maximum absolute atomic E-state index is 8.76. The van der Waals surface area contributed by atoms with Gasteiger partial charge in [-0.2, -0.15) is 5.26 Å². The van der Waals surface area contributed by atoms with Crippen LogP contribution in [0, 0.1) is 17.2 Å². The van der Waals surface area contributed by atoms with Gasteiger partial charge in [0.05, 0.1) is 24.8 Å². The Labute approximate surface area is 96.0 Å². The summed E-state index contributed by atoms with van der Waals surface area (Å²) in [6.07, 6.45) is 1.21. The zero-order valence-corrected chi connectivity index (χ0v) is 9.28. The third kappa shape index (κ3) is 3.06. The Morgan fingerprint density at radius 2 is 2.44 bits per heavy atom. The predicted octanol–water partition coefficient (Wildman–Crippen LogP) is 1.68. The number of benzene rings is 1. The van der Waals surface area contributed by atoms with Gasteiger partial charge in [0.15, 0.2) is 0 Å². The molecule has 1 aliphatic rings. The van der Waals surface area contributed by atoms with E-state index in [1.165, 1.54) is 6.42 Å². The second kappa shape index (κ2) is 5.64. The van der Waals surface area contributed by atoms with Crippen molar-refractivity contribution >= 4 is 0 Å². The Bertz CT molecular complexity index is 378. The fourth-order valence-corrected chi connectivity index (χ4v) is 1.93. The van der Waals surface area contributed by atoms with Gasteiger partial charge in [0.25, 0.3) is 0 Å². The molecule has 0 aromatic heterocycles. The van der Waals surface area contributed by atoms with Crippen molar-refractivity contribution in [2.45, 2.75) is 13.0 Å². The minimum absolute atomic E-state index is 0.603. The maximum atomic E-state index is 8.76. The van der Waals surface area contributed by atoms with Crippen LogP contribution in [0.3, 0.4) is 0 Å². The molecule has 1 aromatic rings. The van der Waals surface area contributed by atoms with E-state index in [0.717, 1.165) is 25.3 Å². The van der Waals surface area contributed by atoms with Crippen LogP contribution in [0.15, 0.2) is 24.3 Å². The number of nitrogens with zero attached hydrogens (tertiary/aromatic N) is 1. The van der Waals surface area contributed by atoms with Gasteiger partial charge in [-0.1, -0.05) is 12.1 Å². The second-order valence-corrected chi connectivity index (χ2v) is 4.19. The van der Waals surface area contributed by atoms with Gasteiger partial charge in [-0.05, 0) is 36.6 Å². The third-order valence-corrected chi connectivity index (χ3v) is 2.84. The molecule has 1 fully saturated rings. The highest BCUT2D eigenvalue weighted by Gasteiger charge is 2.13. The lowest BCUT2D eigenvalue weighted by Crippen LogP contribution is -2.13. The molecule has 1 heterocycles. The largest absolute Gasteiger partial charge is 0.376 e. The highest BCUT2D eigenvalue weighted by Crippen LogP contribution is 2.10. The van der Waals surface area contributed by atoms with Crippen LogP contribution in [-0.4, -0.2) is 19.7 Å². The number of rotatable bonds is 4. The predicted molar refractivity (Wildman–Crippen MR) is 61.8 cm³/mol. The number of ether oxygens (including phenoxy) is 1. The summed E-state index contributed by atoms with van der Waals surface area (Å²) in [5.74, 6) is 0.652. The van der Waals surface area contributed by atoms with E-state index in [4.69, 9.17) is 10.00 Å². The average Bonchev–Trinajstić information content (AvgIpc) is 2.82. The Hall–Kier alpha value is -1.37. The van der Waals surface area contributed by atoms with Crippen molar-refractivity contribution in [2.75, 3.05) is 19.7 Å². The van der Waals surface area contributed by atoms with E-state index in [2.05, 4.69) is 11.4 Å². The van der Waals surface area contributed by atoms with E-state index in [-0.39, 0.29) is 0 Å². The van der Waals surface area contributed by atoms with Gasteiger partial charge < -0.3 is 10.1 Å². The first-order valence-corrected chi connectivity index (χ1v) is 5.66. The fourth-order valence-electron chi connectivity index (χ4n) is 1.93. The summed E-state index contributed by atoms with van der Waals surface area (Å²) in [5.41, 5.74) is 1.77. The molecule has 3 heteroatoms. The molecule has 84 valence electrons. The summed E-state index contributed by atoms with van der Waals surface area (Å²) < 4.78 is 5.65. The molecule has 1 aromatic carbocycles. The lowest BCUT2D eigenvalue weighted by Gasteiger charge is -2.09. The highest BCUT2D eigenvalue weighted by molar-refractivity contribution is 5.32. The van der Waals surface area contributed by atoms with Crippen LogP contribution in [0.2, 0.25) is 0 Å². The summed E-state index contributed by atoms with van der Waals surface area (Å²) in [6.45, 7) is 3.59. The number of nitriles is 1. The maximum Gasteiger partial charge on any atom is 0.0991 e. The van der Waals surface area contributed by atoms with Crippen LogP contribution >= 0.6 is 0 Å². The summed E-state index contributed by atoms with van der Waals surface area (Å²) >= 11 is 0. The Morgan fingerprint density at radius 3 is 3.19 bits per heavy atom. The molecular weight excluding hydrogens is 200 g/mol. The van der Waals surface area contributed by atoms with Crippen LogP contribution in [0.25, 0.3) is 0 Å². The Morgan fingerprint density at radius 1 is 1.50 bits per heavy atom. The van der Waals surface area contributed by atoms with E-state index < -0.39 is 0 Å². The van der Waals surface area contributed by atoms with Crippen molar-refractivity contribution in [3.05, 3.63) is 35.4 Å². The third-order valence-electron chi connectivity index (χ3n) is 2.84. The standard InChI is InChI=1S/C13H16N2O/c14-7-11-2-1-3-12(6-11)9-16-10-13-4-5-15-8-13/h1-3,6,13,15H,4-5,8-10H2. The molecule has 0 spiro atoms. The lowest BCUT2D eigenvalue weighted by molar-refractivity contribution is 0.0925. The smallest absolute Gasteiger partial charge is 0.0991 e. The van der Waals surface area contributed by atoms with E-state index in [9.17, 15) is 0 Å². The van der Waals surface area contributed by atoms with E-state index in [0.29, 0.717) is 18.1 Å². The molecule has 1 unspecified atom stereocenters. The van der Waals surface area contributed by atoms with E-state index in [1.807, 2.05) is 24.3 Å². The number of hydrogen-bond acceptors (Lipinski definition) is 3. The molecule has 0 bridgehead atoms. The number of nitrogens with one attached hydrogen (secondary N) is 1. The molecule has 1 aliphatic heterocycles. The van der Waals surface area contributed by atoms with Gasteiger partial charge in [0, 0.05) is 6.54 Å². The molecule has 1 N–H and O–H groups in total. The van der Waals surface area contributed by atoms with Crippen LogP contribution in [0.4, 0.5) is 0 Å². The summed E-state index contributed by atoms with van der Waals surface area (Å²) in [7, 11) is 0. The summed E-state index contributed by atoms with van der Waals surface area (Å²) in [6, 6.07) is 9.72. The summed E-state index contributed by atoms with van der Waals surface area (Å²) in [5, 5.41) is 12.1. The fraction of sp³-hybridized carbons (Fsp3) is 0.462. The molecule has 1 atom stereocenters. The first-order chi connectivity index (χ1) is 7.88. The van der Waals surface area contributed by atoms with Gasteiger partial charge in [-0.15, -0.1) is 0 Å². The molecule has 1 saturated heterocycles. The number of hydrogen-bond donors (Lipinski definition) is 1. The van der Waals surface area contributed by atoms with Gasteiger partial charge in [0.1, 0.15) is 0 Å². The van der Waals surface area contributed by atoms with Gasteiger partial charge in [-0.25, -0.2) is 0 Å².